The van der Waals surface area contributed by atoms with Crippen molar-refractivity contribution in [1.82, 2.24) is 9.13 Å². The predicted molar refractivity (Wildman–Crippen MR) is 483 cm³/mol. The minimum Gasteiger partial charge on any atom is -0.458 e. The van der Waals surface area contributed by atoms with Crippen molar-refractivity contribution in [1.29, 1.82) is 0 Å². The SMILES string of the molecule is CC(C)(C)c1ccc2c(c1)c1cc(C(C)(C)C)ccc1n2-c1cc2c3c(c1)N(c1c(-c4ccccc4)cccc1-c1ccccc1)c1ccccc1B3c1cc3c(cc1O2)Oc1cc(-n2c4ccc(C(C)(C)C)cc4c4cc(C(C)(C)C)ccc42)cc2c1B3c1ccccc1N2c1c(-c2ccccc2)cccc1-c1ccccc1. The predicted octanol–water partition coefficient (Wildman–Crippen LogP) is 24.5. The van der Waals surface area contributed by atoms with Crippen molar-refractivity contribution in [3.05, 3.63) is 338 Å². The highest BCUT2D eigenvalue weighted by molar-refractivity contribution is 7.02. The third-order valence-corrected chi connectivity index (χ3v) is 24.8. The van der Waals surface area contributed by atoms with Crippen LogP contribution in [0.5, 0.6) is 23.0 Å². The van der Waals surface area contributed by atoms with Gasteiger partial charge in [-0.1, -0.05) is 308 Å². The van der Waals surface area contributed by atoms with Crippen molar-refractivity contribution < 1.29 is 9.47 Å². The molecule has 8 heteroatoms. The third kappa shape index (κ3) is 10.8. The van der Waals surface area contributed by atoms with Crippen LogP contribution in [-0.4, -0.2) is 22.6 Å². The summed E-state index contributed by atoms with van der Waals surface area (Å²) in [5.41, 5.74) is 33.7. The summed E-state index contributed by atoms with van der Waals surface area (Å²) in [4.78, 5) is 5.18. The number of nitrogens with zero attached hydrogens (tertiary/aromatic N) is 4. The Morgan fingerprint density at radius 1 is 0.237 bits per heavy atom. The summed E-state index contributed by atoms with van der Waals surface area (Å²) in [5.74, 6) is 3.13. The molecule has 0 N–H and O–H groups in total. The molecule has 0 aliphatic carbocycles. The number of benzene rings is 15. The number of hydrogen-bond acceptors (Lipinski definition) is 4. The first-order valence-corrected chi connectivity index (χ1v) is 40.4. The molecule has 6 heterocycles. The van der Waals surface area contributed by atoms with E-state index in [4.69, 9.17) is 9.47 Å². The summed E-state index contributed by atoms with van der Waals surface area (Å²) in [5, 5.41) is 4.90. The molecule has 0 fully saturated rings. The summed E-state index contributed by atoms with van der Waals surface area (Å²) in [6, 6.07) is 119. The van der Waals surface area contributed by atoms with Gasteiger partial charge in [-0.2, -0.15) is 0 Å². The molecule has 114 heavy (non-hydrogen) atoms. The van der Waals surface area contributed by atoms with Gasteiger partial charge in [-0.05, 0) is 172 Å². The number of anilines is 6. The molecule has 21 rings (SSSR count). The summed E-state index contributed by atoms with van der Waals surface area (Å²) < 4.78 is 21.0. The van der Waals surface area contributed by atoms with Gasteiger partial charge in [0.25, 0.3) is 13.4 Å². The summed E-state index contributed by atoms with van der Waals surface area (Å²) >= 11 is 0. The lowest BCUT2D eigenvalue weighted by Gasteiger charge is -2.43. The van der Waals surface area contributed by atoms with E-state index < -0.39 is 0 Å². The Balaban J connectivity index is 0.842. The highest BCUT2D eigenvalue weighted by Crippen LogP contribution is 2.54. The minimum atomic E-state index is -0.283. The largest absolute Gasteiger partial charge is 0.458 e. The molecule has 0 amide bonds. The van der Waals surface area contributed by atoms with Gasteiger partial charge in [-0.3, -0.25) is 0 Å². The van der Waals surface area contributed by atoms with Gasteiger partial charge in [0.15, 0.2) is 0 Å². The average Bonchev–Trinajstić information content (AvgIpc) is 0.838. The Kier molecular flexibility index (Phi) is 15.4. The second-order valence-corrected chi connectivity index (χ2v) is 36.0. The number of fused-ring (bicyclic) bond motifs is 14. The molecule has 0 bridgehead atoms. The number of aromatic nitrogens is 2. The van der Waals surface area contributed by atoms with E-state index >= 15 is 0 Å². The topological polar surface area (TPSA) is 34.8 Å². The quantitative estimate of drug-likeness (QED) is 0.142. The molecule has 15 aromatic carbocycles. The van der Waals surface area contributed by atoms with E-state index in [1.807, 2.05) is 0 Å². The number of ether oxygens (including phenoxy) is 2. The molecule has 6 nitrogen and oxygen atoms in total. The van der Waals surface area contributed by atoms with E-state index in [0.717, 1.165) is 157 Å². The van der Waals surface area contributed by atoms with Crippen LogP contribution < -0.4 is 52.1 Å². The van der Waals surface area contributed by atoms with E-state index in [0.29, 0.717) is 0 Å². The van der Waals surface area contributed by atoms with Crippen molar-refractivity contribution in [3.8, 4) is 78.9 Å². The monoisotopic (exact) mass is 1470 g/mol. The summed E-state index contributed by atoms with van der Waals surface area (Å²) in [6.45, 7) is 27.3. The van der Waals surface area contributed by atoms with Gasteiger partial charge >= 0.3 is 0 Å². The molecule has 0 saturated heterocycles. The summed E-state index contributed by atoms with van der Waals surface area (Å²) in [7, 11) is 0. The van der Waals surface area contributed by atoms with Crippen LogP contribution in [0.25, 0.3) is 99.5 Å². The first-order valence-electron chi connectivity index (χ1n) is 40.4. The molecule has 550 valence electrons. The first-order chi connectivity index (χ1) is 55.1. The molecule has 0 saturated carbocycles. The van der Waals surface area contributed by atoms with Crippen molar-refractivity contribution in [2.45, 2.75) is 105 Å². The second kappa shape index (κ2) is 25.4. The van der Waals surface area contributed by atoms with Crippen LogP contribution in [0.3, 0.4) is 0 Å². The van der Waals surface area contributed by atoms with Crippen LogP contribution in [-0.2, 0) is 21.7 Å². The molecular weight excluding hydrogens is 1380 g/mol. The summed E-state index contributed by atoms with van der Waals surface area (Å²) in [6.07, 6.45) is 0. The van der Waals surface area contributed by atoms with Crippen LogP contribution >= 0.6 is 0 Å². The Morgan fingerprint density at radius 2 is 0.526 bits per heavy atom. The molecule has 4 aliphatic heterocycles. The van der Waals surface area contributed by atoms with E-state index in [1.54, 1.807) is 0 Å². The molecule has 0 unspecified atom stereocenters. The zero-order chi connectivity index (χ0) is 77.6. The maximum Gasteiger partial charge on any atom is 0.256 e. The molecule has 17 aromatic rings. The van der Waals surface area contributed by atoms with Gasteiger partial charge in [-0.25, -0.2) is 0 Å². The van der Waals surface area contributed by atoms with Crippen LogP contribution in [0.15, 0.2) is 315 Å². The van der Waals surface area contributed by atoms with E-state index in [-0.39, 0.29) is 35.1 Å². The van der Waals surface area contributed by atoms with Gasteiger partial charge in [0, 0.05) is 84.7 Å². The van der Waals surface area contributed by atoms with Gasteiger partial charge in [-0.15, -0.1) is 0 Å². The van der Waals surface area contributed by atoms with Crippen molar-refractivity contribution in [2.75, 3.05) is 9.80 Å². The fourth-order valence-electron chi connectivity index (χ4n) is 19.0. The lowest BCUT2D eigenvalue weighted by molar-refractivity contribution is 0.465. The standard InChI is InChI=1S/C106H88B2N4O2/c1-103(2,3)69-47-51-87-79(55-69)80-56-70(104(4,5)6)48-52-88(80)109(87)73-59-93-99-97(61-73)113-95-64-96-86(63-85(95)107(99)83-43-25-27-45-91(83)111(93)101-75(65-31-17-13-18-32-65)39-29-40-76(101)66-33-19-14-20-34-66)108-84-44-26-28-46-92(84)112(102-77(67-35-21-15-22-36-67)41-30-42-78(102)68-37-23-16-24-38-68)94-60-74(62-98(114-96)100(94)108)110-89-53-49-71(105(7,8)9)57-81(89)82-58-72(106(10,11)12)50-54-90(82)110/h13-64H,1-12H3. The van der Waals surface area contributed by atoms with Crippen LogP contribution in [0.1, 0.15) is 105 Å². The van der Waals surface area contributed by atoms with Gasteiger partial charge in [0.1, 0.15) is 23.0 Å². The Labute approximate surface area is 669 Å². The Bertz CT molecular complexity index is 6180. The first kappa shape index (κ1) is 69.2. The molecule has 0 radical (unpaired) electrons. The Morgan fingerprint density at radius 3 is 0.825 bits per heavy atom. The van der Waals surface area contributed by atoms with Crippen molar-refractivity contribution in [2.24, 2.45) is 0 Å². The highest BCUT2D eigenvalue weighted by Gasteiger charge is 2.48. The number of hydrogen-bond donors (Lipinski definition) is 0. The van der Waals surface area contributed by atoms with Crippen molar-refractivity contribution >= 4 is 124 Å². The fraction of sp³-hybridized carbons (Fsp3) is 0.151. The zero-order valence-corrected chi connectivity index (χ0v) is 66.8. The van der Waals surface area contributed by atoms with Crippen molar-refractivity contribution in [3.63, 3.8) is 0 Å². The van der Waals surface area contributed by atoms with Crippen LogP contribution in [0, 0.1) is 0 Å². The maximum absolute atomic E-state index is 7.97. The van der Waals surface area contributed by atoms with Crippen LogP contribution in [0.4, 0.5) is 34.1 Å². The maximum atomic E-state index is 7.97. The Hall–Kier alpha value is -12.8. The van der Waals surface area contributed by atoms with Gasteiger partial charge in [0.05, 0.1) is 44.8 Å². The fourth-order valence-corrected chi connectivity index (χ4v) is 19.0. The van der Waals surface area contributed by atoms with E-state index in [9.17, 15) is 0 Å². The molecular formula is C106H88B2N4O2. The van der Waals surface area contributed by atoms with Crippen LogP contribution in [0.2, 0.25) is 0 Å². The third-order valence-electron chi connectivity index (χ3n) is 24.8. The lowest BCUT2D eigenvalue weighted by Crippen LogP contribution is -2.63. The molecule has 2 aromatic heterocycles. The molecule has 0 atom stereocenters. The number of rotatable bonds is 8. The van der Waals surface area contributed by atoms with E-state index in [2.05, 4.69) is 417 Å². The molecule has 4 aliphatic rings. The second-order valence-electron chi connectivity index (χ2n) is 36.0. The normalized spacial score (nSPS) is 13.5. The van der Waals surface area contributed by atoms with Gasteiger partial charge in [0.2, 0.25) is 0 Å². The smallest absolute Gasteiger partial charge is 0.256 e. The van der Waals surface area contributed by atoms with E-state index in [1.165, 1.54) is 54.7 Å². The zero-order valence-electron chi connectivity index (χ0n) is 66.8. The average molecular weight is 1470 g/mol. The number of para-hydroxylation sites is 4. The minimum absolute atomic E-state index is 0.0789. The van der Waals surface area contributed by atoms with Gasteiger partial charge < -0.3 is 28.4 Å². The molecule has 0 spiro atoms. The lowest BCUT2D eigenvalue weighted by atomic mass is 9.31. The highest BCUT2D eigenvalue weighted by atomic mass is 16.5.